The summed E-state index contributed by atoms with van der Waals surface area (Å²) in [6.45, 7) is 8.87. The van der Waals surface area contributed by atoms with Crippen LogP contribution in [0.3, 0.4) is 0 Å². The van der Waals surface area contributed by atoms with Gasteiger partial charge in [-0.2, -0.15) is 4.99 Å². The van der Waals surface area contributed by atoms with Crippen molar-refractivity contribution in [2.75, 3.05) is 6.79 Å². The van der Waals surface area contributed by atoms with Crippen LogP contribution >= 0.6 is 23.1 Å². The maximum Gasteiger partial charge on any atom is 0.279 e. The number of ether oxygens (including phenoxy) is 2. The van der Waals surface area contributed by atoms with Gasteiger partial charge in [-0.05, 0) is 18.2 Å². The number of fused-ring (bicyclic) bond motifs is 2. The number of hydrogen-bond donors (Lipinski definition) is 0. The monoisotopic (exact) mass is 412 g/mol. The third-order valence-electron chi connectivity index (χ3n) is 4.14. The lowest BCUT2D eigenvalue weighted by molar-refractivity contribution is 0.0997. The molecule has 0 unspecified atom stereocenters. The maximum absolute atomic E-state index is 12.8. The number of hydrogen-bond acceptors (Lipinski definition) is 5. The van der Waals surface area contributed by atoms with Gasteiger partial charge in [-0.15, -0.1) is 18.3 Å². The van der Waals surface area contributed by atoms with E-state index in [1.807, 2.05) is 34.9 Å². The summed E-state index contributed by atoms with van der Waals surface area (Å²) in [5.41, 5.74) is 1.53. The van der Waals surface area contributed by atoms with E-state index in [1.54, 1.807) is 23.9 Å². The third kappa shape index (κ3) is 3.72. The predicted octanol–water partition coefficient (Wildman–Crippen LogP) is 4.86. The first-order valence-corrected chi connectivity index (χ1v) is 10.6. The van der Waals surface area contributed by atoms with Crippen LogP contribution in [0.15, 0.2) is 58.9 Å². The van der Waals surface area contributed by atoms with Gasteiger partial charge in [0.25, 0.3) is 5.91 Å². The summed E-state index contributed by atoms with van der Waals surface area (Å²) in [5, 5.41) is 0.450. The maximum atomic E-state index is 12.8. The number of amides is 1. The minimum absolute atomic E-state index is 0.231. The number of rotatable bonds is 5. The second-order valence-electron chi connectivity index (χ2n) is 6.57. The molecule has 1 amide bonds. The fourth-order valence-corrected chi connectivity index (χ4v) is 4.92. The Hall–Kier alpha value is -2.51. The molecular formula is C21H20N2O3S2. The van der Waals surface area contributed by atoms with E-state index >= 15 is 0 Å². The molecule has 0 atom stereocenters. The van der Waals surface area contributed by atoms with Gasteiger partial charge < -0.3 is 14.0 Å². The highest BCUT2D eigenvalue weighted by Crippen LogP contribution is 2.37. The van der Waals surface area contributed by atoms with Gasteiger partial charge in [0.15, 0.2) is 16.3 Å². The van der Waals surface area contributed by atoms with E-state index in [0.29, 0.717) is 27.9 Å². The molecule has 1 aromatic heterocycles. The Bertz CT molecular complexity index is 1130. The first-order valence-electron chi connectivity index (χ1n) is 8.95. The minimum Gasteiger partial charge on any atom is -0.454 e. The van der Waals surface area contributed by atoms with Crippen LogP contribution in [-0.4, -0.2) is 22.5 Å². The van der Waals surface area contributed by atoms with Crippen LogP contribution in [0.5, 0.6) is 11.5 Å². The zero-order valence-corrected chi connectivity index (χ0v) is 17.3. The molecule has 0 radical (unpaired) electrons. The molecule has 2 heterocycles. The van der Waals surface area contributed by atoms with Gasteiger partial charge in [0.05, 0.1) is 10.2 Å². The van der Waals surface area contributed by atoms with Gasteiger partial charge >= 0.3 is 0 Å². The van der Waals surface area contributed by atoms with Crippen molar-refractivity contribution in [2.24, 2.45) is 4.99 Å². The molecule has 0 saturated heterocycles. The highest BCUT2D eigenvalue weighted by Gasteiger charge is 2.18. The van der Waals surface area contributed by atoms with Gasteiger partial charge in [0, 0.05) is 34.4 Å². The number of thioether (sulfide) groups is 1. The van der Waals surface area contributed by atoms with Crippen LogP contribution in [0.4, 0.5) is 0 Å². The molecule has 7 heteroatoms. The second kappa shape index (κ2) is 7.85. The summed E-state index contributed by atoms with van der Waals surface area (Å²) in [6.07, 6.45) is 1.79. The Morgan fingerprint density at radius 1 is 1.32 bits per heavy atom. The van der Waals surface area contributed by atoms with E-state index in [1.165, 1.54) is 11.3 Å². The van der Waals surface area contributed by atoms with Crippen molar-refractivity contribution < 1.29 is 14.3 Å². The molecule has 0 fully saturated rings. The first kappa shape index (κ1) is 18.8. The zero-order chi connectivity index (χ0) is 19.7. The normalized spacial score (nSPS) is 13.5. The predicted molar refractivity (Wildman–Crippen MR) is 113 cm³/mol. The summed E-state index contributed by atoms with van der Waals surface area (Å²) in [4.78, 5) is 18.9. The van der Waals surface area contributed by atoms with E-state index in [2.05, 4.69) is 25.4 Å². The highest BCUT2D eigenvalue weighted by atomic mass is 32.2. The molecule has 3 aromatic rings. The Morgan fingerprint density at radius 3 is 2.86 bits per heavy atom. The molecule has 0 spiro atoms. The molecule has 1 aliphatic heterocycles. The van der Waals surface area contributed by atoms with Crippen molar-refractivity contribution in [3.05, 3.63) is 59.4 Å². The van der Waals surface area contributed by atoms with E-state index in [-0.39, 0.29) is 12.7 Å². The van der Waals surface area contributed by atoms with Gasteiger partial charge in [0.1, 0.15) is 0 Å². The van der Waals surface area contributed by atoms with E-state index < -0.39 is 0 Å². The largest absolute Gasteiger partial charge is 0.454 e. The molecule has 0 bridgehead atoms. The molecule has 144 valence electrons. The smallest absolute Gasteiger partial charge is 0.279 e. The number of carbonyl (C=O) groups excluding carboxylic acids is 1. The van der Waals surface area contributed by atoms with Gasteiger partial charge in [-0.25, -0.2) is 0 Å². The molecule has 0 aliphatic carbocycles. The molecule has 0 N–H and O–H groups in total. The van der Waals surface area contributed by atoms with Gasteiger partial charge in [0.2, 0.25) is 6.79 Å². The van der Waals surface area contributed by atoms with Crippen LogP contribution < -0.4 is 14.3 Å². The summed E-state index contributed by atoms with van der Waals surface area (Å²) in [5.74, 6) is 1.17. The topological polar surface area (TPSA) is 52.8 Å². The SMILES string of the molecule is C=CCn1c(=NC(=O)c2cccc(SC(C)C)c2)sc2cc3c(cc21)OCO3. The van der Waals surface area contributed by atoms with Crippen molar-refractivity contribution in [1.82, 2.24) is 4.57 Å². The van der Waals surface area contributed by atoms with Crippen molar-refractivity contribution in [2.45, 2.75) is 30.5 Å². The standard InChI is InChI=1S/C21H20N2O3S2/c1-4-8-23-16-10-17-18(26-12-25-17)11-19(16)28-21(23)22-20(24)14-6-5-7-15(9-14)27-13(2)3/h4-7,9-11,13H,1,8,12H2,2-3H3. The molecular weight excluding hydrogens is 392 g/mol. The molecule has 0 saturated carbocycles. The van der Waals surface area contributed by atoms with Gasteiger partial charge in [-0.3, -0.25) is 4.79 Å². The minimum atomic E-state index is -0.254. The summed E-state index contributed by atoms with van der Waals surface area (Å²) in [6, 6.07) is 11.5. The van der Waals surface area contributed by atoms with Crippen LogP contribution in [-0.2, 0) is 6.54 Å². The zero-order valence-electron chi connectivity index (χ0n) is 15.7. The number of nitrogens with zero attached hydrogens (tertiary/aromatic N) is 2. The molecule has 28 heavy (non-hydrogen) atoms. The first-order chi connectivity index (χ1) is 13.5. The van der Waals surface area contributed by atoms with Crippen molar-refractivity contribution in [3.63, 3.8) is 0 Å². The third-order valence-corrected chi connectivity index (χ3v) is 6.18. The summed E-state index contributed by atoms with van der Waals surface area (Å²) < 4.78 is 13.9. The van der Waals surface area contributed by atoms with Crippen molar-refractivity contribution in [3.8, 4) is 11.5 Å². The number of allylic oxidation sites excluding steroid dienone is 1. The van der Waals surface area contributed by atoms with Crippen LogP contribution in [0.1, 0.15) is 24.2 Å². The molecule has 1 aliphatic rings. The quantitative estimate of drug-likeness (QED) is 0.444. The van der Waals surface area contributed by atoms with Gasteiger partial charge in [-0.1, -0.05) is 37.3 Å². The number of aromatic nitrogens is 1. The summed E-state index contributed by atoms with van der Waals surface area (Å²) >= 11 is 3.18. The van der Waals surface area contributed by atoms with Crippen molar-refractivity contribution >= 4 is 39.2 Å². The molecule has 2 aromatic carbocycles. The van der Waals surface area contributed by atoms with Crippen LogP contribution in [0.2, 0.25) is 0 Å². The summed E-state index contributed by atoms with van der Waals surface area (Å²) in [7, 11) is 0. The van der Waals surface area contributed by atoms with E-state index in [4.69, 9.17) is 9.47 Å². The van der Waals surface area contributed by atoms with E-state index in [9.17, 15) is 4.79 Å². The van der Waals surface area contributed by atoms with Crippen LogP contribution in [0.25, 0.3) is 10.2 Å². The van der Waals surface area contributed by atoms with E-state index in [0.717, 1.165) is 20.9 Å². The molecule has 5 nitrogen and oxygen atoms in total. The average Bonchev–Trinajstić information content (AvgIpc) is 3.24. The Balaban J connectivity index is 1.77. The lowest BCUT2D eigenvalue weighted by atomic mass is 10.2. The lowest BCUT2D eigenvalue weighted by Gasteiger charge is -2.05. The van der Waals surface area contributed by atoms with Crippen molar-refractivity contribution in [1.29, 1.82) is 0 Å². The fraction of sp³-hybridized carbons (Fsp3) is 0.238. The molecule has 4 rings (SSSR count). The Labute approximate surface area is 171 Å². The fourth-order valence-electron chi connectivity index (χ4n) is 2.98. The second-order valence-corrected chi connectivity index (χ2v) is 9.23. The number of thiazole rings is 1. The lowest BCUT2D eigenvalue weighted by Crippen LogP contribution is -2.16. The average molecular weight is 413 g/mol. The van der Waals surface area contributed by atoms with Crippen LogP contribution in [0, 0.1) is 0 Å². The Kier molecular flexibility index (Phi) is 5.28. The Morgan fingerprint density at radius 2 is 2.11 bits per heavy atom. The number of carbonyl (C=O) groups is 1. The number of benzene rings is 2. The highest BCUT2D eigenvalue weighted by molar-refractivity contribution is 7.99.